The van der Waals surface area contributed by atoms with Gasteiger partial charge >= 0.3 is 0 Å². The van der Waals surface area contributed by atoms with Crippen molar-refractivity contribution in [3.63, 3.8) is 0 Å². The second kappa shape index (κ2) is 6.63. The van der Waals surface area contributed by atoms with Gasteiger partial charge in [-0.2, -0.15) is 5.10 Å². The van der Waals surface area contributed by atoms with Crippen molar-refractivity contribution in [2.45, 2.75) is 39.7 Å². The molecule has 3 aromatic heterocycles. The zero-order valence-electron chi connectivity index (χ0n) is 14.6. The van der Waals surface area contributed by atoms with E-state index in [-0.39, 0.29) is 0 Å². The predicted molar refractivity (Wildman–Crippen MR) is 97.6 cm³/mol. The summed E-state index contributed by atoms with van der Waals surface area (Å²) in [5.74, 6) is 2.18. The maximum absolute atomic E-state index is 4.78. The molecular formula is C19H22N6. The Hall–Kier alpha value is -2.76. The van der Waals surface area contributed by atoms with E-state index >= 15 is 0 Å². The highest BCUT2D eigenvalue weighted by Crippen LogP contribution is 2.30. The van der Waals surface area contributed by atoms with Crippen molar-refractivity contribution >= 4 is 11.5 Å². The minimum absolute atomic E-state index is 0.563. The maximum Gasteiger partial charge on any atom is 0.163 e. The van der Waals surface area contributed by atoms with Gasteiger partial charge in [0.15, 0.2) is 5.82 Å². The average Bonchev–Trinajstić information content (AvgIpc) is 3.24. The molecule has 1 N–H and O–H groups in total. The molecule has 0 saturated carbocycles. The first-order valence-electron chi connectivity index (χ1n) is 8.78. The molecule has 3 aromatic rings. The summed E-state index contributed by atoms with van der Waals surface area (Å²) >= 11 is 0. The van der Waals surface area contributed by atoms with E-state index in [4.69, 9.17) is 9.97 Å². The lowest BCUT2D eigenvalue weighted by Gasteiger charge is -2.11. The molecule has 0 spiro atoms. The molecule has 0 aliphatic heterocycles. The number of rotatable bonds is 5. The Bertz CT molecular complexity index is 869. The Kier molecular flexibility index (Phi) is 4.17. The lowest BCUT2D eigenvalue weighted by Crippen LogP contribution is -2.05. The zero-order valence-corrected chi connectivity index (χ0v) is 14.6. The third-order valence-electron chi connectivity index (χ3n) is 4.30. The molecule has 0 bridgehead atoms. The van der Waals surface area contributed by atoms with Crippen molar-refractivity contribution in [1.82, 2.24) is 24.7 Å². The molecule has 1 aliphatic rings. The van der Waals surface area contributed by atoms with Gasteiger partial charge < -0.3 is 5.32 Å². The van der Waals surface area contributed by atoms with Gasteiger partial charge in [-0.3, -0.25) is 9.67 Å². The molecule has 1 aliphatic carbocycles. The molecular weight excluding hydrogens is 312 g/mol. The highest BCUT2D eigenvalue weighted by Gasteiger charge is 2.20. The smallest absolute Gasteiger partial charge is 0.163 e. The fourth-order valence-electron chi connectivity index (χ4n) is 3.20. The largest absolute Gasteiger partial charge is 0.337 e. The number of hydrogen-bond donors (Lipinski definition) is 1. The van der Waals surface area contributed by atoms with Gasteiger partial charge in [0.05, 0.1) is 11.9 Å². The molecule has 0 saturated heterocycles. The molecule has 0 unspecified atom stereocenters. The van der Waals surface area contributed by atoms with Gasteiger partial charge in [0.2, 0.25) is 0 Å². The highest BCUT2D eigenvalue weighted by molar-refractivity contribution is 5.64. The third kappa shape index (κ3) is 3.38. The lowest BCUT2D eigenvalue weighted by molar-refractivity contribution is 0.483. The van der Waals surface area contributed by atoms with Crippen molar-refractivity contribution < 1.29 is 0 Å². The number of pyridine rings is 1. The van der Waals surface area contributed by atoms with E-state index in [0.717, 1.165) is 54.4 Å². The van der Waals surface area contributed by atoms with Gasteiger partial charge in [-0.1, -0.05) is 13.8 Å². The number of aromatic nitrogens is 5. The minimum Gasteiger partial charge on any atom is -0.337 e. The summed E-state index contributed by atoms with van der Waals surface area (Å²) in [5, 5.41) is 7.88. The van der Waals surface area contributed by atoms with Crippen LogP contribution in [0.5, 0.6) is 0 Å². The summed E-state index contributed by atoms with van der Waals surface area (Å²) in [6.45, 7) is 5.28. The van der Waals surface area contributed by atoms with Gasteiger partial charge in [0, 0.05) is 42.0 Å². The number of fused-ring (bicyclic) bond motifs is 1. The van der Waals surface area contributed by atoms with Crippen molar-refractivity contribution in [1.29, 1.82) is 0 Å². The van der Waals surface area contributed by atoms with E-state index in [2.05, 4.69) is 29.2 Å². The molecule has 4 rings (SSSR count). The minimum atomic E-state index is 0.563. The topological polar surface area (TPSA) is 68.5 Å². The van der Waals surface area contributed by atoms with Crippen LogP contribution in [0.3, 0.4) is 0 Å². The first-order chi connectivity index (χ1) is 12.2. The van der Waals surface area contributed by atoms with Gasteiger partial charge in [-0.05, 0) is 37.3 Å². The Morgan fingerprint density at radius 1 is 1.20 bits per heavy atom. The summed E-state index contributed by atoms with van der Waals surface area (Å²) in [4.78, 5) is 13.7. The summed E-state index contributed by atoms with van der Waals surface area (Å²) in [5.41, 5.74) is 4.27. The van der Waals surface area contributed by atoms with Gasteiger partial charge in [-0.25, -0.2) is 9.97 Å². The van der Waals surface area contributed by atoms with Crippen molar-refractivity contribution in [3.05, 3.63) is 48.2 Å². The summed E-state index contributed by atoms with van der Waals surface area (Å²) < 4.78 is 1.97. The molecule has 0 amide bonds. The first-order valence-corrected chi connectivity index (χ1v) is 8.78. The van der Waals surface area contributed by atoms with E-state index in [1.165, 1.54) is 5.56 Å². The van der Waals surface area contributed by atoms with Crippen LogP contribution in [0.4, 0.5) is 11.5 Å². The van der Waals surface area contributed by atoms with Crippen molar-refractivity contribution in [2.24, 2.45) is 5.92 Å². The van der Waals surface area contributed by atoms with Gasteiger partial charge in [-0.15, -0.1) is 0 Å². The highest BCUT2D eigenvalue weighted by atomic mass is 15.3. The van der Waals surface area contributed by atoms with Crippen LogP contribution >= 0.6 is 0 Å². The Morgan fingerprint density at radius 3 is 2.92 bits per heavy atom. The van der Waals surface area contributed by atoms with Crippen molar-refractivity contribution in [3.8, 4) is 11.4 Å². The Balaban J connectivity index is 1.67. The van der Waals surface area contributed by atoms with Gasteiger partial charge in [0.25, 0.3) is 0 Å². The van der Waals surface area contributed by atoms with E-state index in [1.807, 2.05) is 29.2 Å². The number of hydrogen-bond acceptors (Lipinski definition) is 5. The van der Waals surface area contributed by atoms with E-state index in [9.17, 15) is 0 Å². The van der Waals surface area contributed by atoms with Crippen molar-refractivity contribution in [2.75, 3.05) is 5.32 Å². The molecule has 0 radical (unpaired) electrons. The normalized spacial score (nSPS) is 13.2. The Labute approximate surface area is 147 Å². The average molecular weight is 334 g/mol. The van der Waals surface area contributed by atoms with Crippen LogP contribution in [0, 0.1) is 5.92 Å². The van der Waals surface area contributed by atoms with Crippen LogP contribution in [0.1, 0.15) is 31.5 Å². The van der Waals surface area contributed by atoms with Crippen LogP contribution in [0.2, 0.25) is 0 Å². The number of nitrogens with one attached hydrogen (secondary N) is 1. The first kappa shape index (κ1) is 15.7. The second-order valence-corrected chi connectivity index (χ2v) is 6.89. The third-order valence-corrected chi connectivity index (χ3v) is 4.30. The van der Waals surface area contributed by atoms with E-state index in [1.54, 1.807) is 12.4 Å². The molecule has 0 aromatic carbocycles. The van der Waals surface area contributed by atoms with Gasteiger partial charge in [0.1, 0.15) is 5.82 Å². The standard InChI is InChI=1S/C19H22N6/c1-13(2)11-25-12-15(10-21-25)22-19-16-6-3-7-17(16)23-18(24-19)14-5-4-8-20-9-14/h4-5,8-10,12-13H,3,6-7,11H2,1-2H3,(H,22,23,24). The van der Waals surface area contributed by atoms with E-state index in [0.29, 0.717) is 5.92 Å². The van der Waals surface area contributed by atoms with Crippen LogP contribution in [-0.2, 0) is 19.4 Å². The molecule has 128 valence electrons. The number of nitrogens with zero attached hydrogens (tertiary/aromatic N) is 5. The fourth-order valence-corrected chi connectivity index (χ4v) is 3.20. The Morgan fingerprint density at radius 2 is 2.12 bits per heavy atom. The SMILES string of the molecule is CC(C)Cn1cc(Nc2nc(-c3cccnc3)nc3c2CCC3)cn1. The second-order valence-electron chi connectivity index (χ2n) is 6.89. The monoisotopic (exact) mass is 334 g/mol. The lowest BCUT2D eigenvalue weighted by atomic mass is 10.2. The molecule has 0 fully saturated rings. The molecule has 6 heteroatoms. The summed E-state index contributed by atoms with van der Waals surface area (Å²) in [7, 11) is 0. The van der Waals surface area contributed by atoms with E-state index < -0.39 is 0 Å². The molecule has 25 heavy (non-hydrogen) atoms. The zero-order chi connectivity index (χ0) is 17.2. The molecule has 0 atom stereocenters. The molecule has 6 nitrogen and oxygen atoms in total. The van der Waals surface area contributed by atoms with Crippen LogP contribution < -0.4 is 5.32 Å². The predicted octanol–water partition coefficient (Wildman–Crippen LogP) is 3.62. The quantitative estimate of drug-likeness (QED) is 0.772. The summed E-state index contributed by atoms with van der Waals surface area (Å²) in [6, 6.07) is 3.91. The van der Waals surface area contributed by atoms with Crippen LogP contribution in [0.15, 0.2) is 36.9 Å². The number of anilines is 2. The molecule has 3 heterocycles. The fraction of sp³-hybridized carbons (Fsp3) is 0.368. The maximum atomic E-state index is 4.78. The number of aryl methyl sites for hydroxylation is 1. The summed E-state index contributed by atoms with van der Waals surface area (Å²) in [6.07, 6.45) is 10.6. The van der Waals surface area contributed by atoms with Crippen LogP contribution in [-0.4, -0.2) is 24.7 Å². The van der Waals surface area contributed by atoms with Crippen LogP contribution in [0.25, 0.3) is 11.4 Å².